The molecule has 82 valence electrons. The lowest BCUT2D eigenvalue weighted by molar-refractivity contribution is -0.140. The van der Waals surface area contributed by atoms with Crippen LogP contribution in [0, 0.1) is 0 Å². The Morgan fingerprint density at radius 2 is 1.93 bits per heavy atom. The van der Waals surface area contributed by atoms with Crippen LogP contribution in [0.1, 0.15) is 18.4 Å². The van der Waals surface area contributed by atoms with Crippen molar-refractivity contribution in [2.75, 3.05) is 5.88 Å². The molecule has 1 aromatic carbocycles. The minimum absolute atomic E-state index is 0.331. The number of carboxylic acid groups (broad SMARTS) is 1. The predicted molar refractivity (Wildman–Crippen MR) is 61.6 cm³/mol. The van der Waals surface area contributed by atoms with E-state index in [1.54, 1.807) is 24.3 Å². The van der Waals surface area contributed by atoms with Gasteiger partial charge < -0.3 is 5.11 Å². The van der Waals surface area contributed by atoms with Gasteiger partial charge in [-0.2, -0.15) is 0 Å². The number of carbonyl (C=O) groups is 1. The molecule has 0 saturated heterocycles. The Labute approximate surface area is 98.8 Å². The number of hydrogen-bond acceptors (Lipinski definition) is 1. The lowest BCUT2D eigenvalue weighted by Gasteiger charge is -2.22. The van der Waals surface area contributed by atoms with Crippen molar-refractivity contribution >= 4 is 29.2 Å². The molecule has 1 rings (SSSR count). The molecule has 0 aliphatic heterocycles. The summed E-state index contributed by atoms with van der Waals surface area (Å²) in [6.45, 7) is 0. The first-order chi connectivity index (χ1) is 7.11. The molecule has 0 amide bonds. The molecular formula is C11H12Cl2O2. The average Bonchev–Trinajstić information content (AvgIpc) is 2.27. The second kappa shape index (κ2) is 5.38. The fourth-order valence-electron chi connectivity index (χ4n) is 1.39. The van der Waals surface area contributed by atoms with Gasteiger partial charge in [0.05, 0.1) is 0 Å². The monoisotopic (exact) mass is 246 g/mol. The van der Waals surface area contributed by atoms with Crippen LogP contribution in [-0.2, 0) is 9.67 Å². The van der Waals surface area contributed by atoms with Crippen LogP contribution in [0.4, 0.5) is 0 Å². The first-order valence-corrected chi connectivity index (χ1v) is 5.56. The van der Waals surface area contributed by atoms with Gasteiger partial charge >= 0.3 is 5.97 Å². The third-order valence-electron chi connectivity index (χ3n) is 2.23. The maximum atomic E-state index is 11.2. The summed E-state index contributed by atoms with van der Waals surface area (Å²) < 4.78 is 0. The summed E-state index contributed by atoms with van der Waals surface area (Å²) in [4.78, 5) is 9.80. The first-order valence-electron chi connectivity index (χ1n) is 4.65. The van der Waals surface area contributed by atoms with E-state index in [1.165, 1.54) is 0 Å². The minimum Gasteiger partial charge on any atom is -0.480 e. The van der Waals surface area contributed by atoms with Gasteiger partial charge in [0.15, 0.2) is 4.87 Å². The molecule has 0 aromatic heterocycles. The summed E-state index contributed by atoms with van der Waals surface area (Å²) in [6, 6.07) is 8.81. The van der Waals surface area contributed by atoms with Crippen molar-refractivity contribution in [2.45, 2.75) is 17.7 Å². The Kier molecular flexibility index (Phi) is 4.43. The van der Waals surface area contributed by atoms with E-state index in [4.69, 9.17) is 28.3 Å². The van der Waals surface area contributed by atoms with Crippen LogP contribution < -0.4 is 0 Å². The Bertz CT molecular complexity index is 327. The van der Waals surface area contributed by atoms with Crippen molar-refractivity contribution < 1.29 is 9.90 Å². The smallest absolute Gasteiger partial charge is 0.329 e. The van der Waals surface area contributed by atoms with Crippen molar-refractivity contribution in [3.05, 3.63) is 35.9 Å². The second-order valence-electron chi connectivity index (χ2n) is 3.26. The van der Waals surface area contributed by atoms with Gasteiger partial charge in [-0.1, -0.05) is 30.3 Å². The molecular weight excluding hydrogens is 235 g/mol. The van der Waals surface area contributed by atoms with Gasteiger partial charge in [-0.15, -0.1) is 23.2 Å². The SMILES string of the molecule is O=C(O)C(Cl)(CCCCl)c1ccccc1. The zero-order chi connectivity index (χ0) is 11.3. The predicted octanol–water partition coefficient (Wildman–Crippen LogP) is 3.22. The topological polar surface area (TPSA) is 37.3 Å². The molecule has 1 unspecified atom stereocenters. The lowest BCUT2D eigenvalue weighted by Crippen LogP contribution is -2.29. The number of carboxylic acids is 1. The van der Waals surface area contributed by atoms with Crippen molar-refractivity contribution in [3.63, 3.8) is 0 Å². The van der Waals surface area contributed by atoms with E-state index in [0.717, 1.165) is 0 Å². The molecule has 1 atom stereocenters. The summed E-state index contributed by atoms with van der Waals surface area (Å²) in [5.41, 5.74) is 0.601. The van der Waals surface area contributed by atoms with Crippen molar-refractivity contribution in [1.82, 2.24) is 0 Å². The maximum Gasteiger partial charge on any atom is 0.329 e. The molecule has 0 aliphatic carbocycles. The third kappa shape index (κ3) is 2.86. The zero-order valence-electron chi connectivity index (χ0n) is 8.12. The Morgan fingerprint density at radius 1 is 1.33 bits per heavy atom. The highest BCUT2D eigenvalue weighted by Gasteiger charge is 2.37. The van der Waals surface area contributed by atoms with Crippen LogP contribution in [0.5, 0.6) is 0 Å². The summed E-state index contributed by atoms with van der Waals surface area (Å²) in [5, 5.41) is 9.14. The molecule has 0 fully saturated rings. The summed E-state index contributed by atoms with van der Waals surface area (Å²) in [7, 11) is 0. The largest absolute Gasteiger partial charge is 0.480 e. The number of alkyl halides is 2. The van der Waals surface area contributed by atoms with Crippen molar-refractivity contribution in [3.8, 4) is 0 Å². The second-order valence-corrected chi connectivity index (χ2v) is 4.29. The minimum atomic E-state index is -1.35. The molecule has 0 spiro atoms. The standard InChI is InChI=1S/C11H12Cl2O2/c12-8-4-7-11(13,10(14)15)9-5-2-1-3-6-9/h1-3,5-6H,4,7-8H2,(H,14,15). The maximum absolute atomic E-state index is 11.2. The highest BCUT2D eigenvalue weighted by atomic mass is 35.5. The Balaban J connectivity index is 2.96. The van der Waals surface area contributed by atoms with Crippen LogP contribution in [0.3, 0.4) is 0 Å². The molecule has 4 heteroatoms. The van der Waals surface area contributed by atoms with E-state index >= 15 is 0 Å². The Morgan fingerprint density at radius 3 is 2.40 bits per heavy atom. The van der Waals surface area contributed by atoms with E-state index in [1.807, 2.05) is 6.07 Å². The van der Waals surface area contributed by atoms with Gasteiger partial charge in [-0.3, -0.25) is 0 Å². The van der Waals surface area contributed by atoms with Crippen LogP contribution >= 0.6 is 23.2 Å². The molecule has 0 bridgehead atoms. The van der Waals surface area contributed by atoms with E-state index in [9.17, 15) is 4.79 Å². The molecule has 0 saturated carbocycles. The summed E-state index contributed by atoms with van der Waals surface area (Å²) >= 11 is 11.7. The van der Waals surface area contributed by atoms with Crippen LogP contribution in [-0.4, -0.2) is 17.0 Å². The van der Waals surface area contributed by atoms with Crippen molar-refractivity contribution in [1.29, 1.82) is 0 Å². The van der Waals surface area contributed by atoms with E-state index < -0.39 is 10.8 Å². The number of hydrogen-bond donors (Lipinski definition) is 1. The zero-order valence-corrected chi connectivity index (χ0v) is 9.63. The molecule has 15 heavy (non-hydrogen) atoms. The van der Waals surface area contributed by atoms with Gasteiger partial charge in [0.25, 0.3) is 0 Å². The number of aliphatic carboxylic acids is 1. The van der Waals surface area contributed by atoms with Crippen LogP contribution in [0.15, 0.2) is 30.3 Å². The highest BCUT2D eigenvalue weighted by Crippen LogP contribution is 2.34. The number of rotatable bonds is 5. The lowest BCUT2D eigenvalue weighted by atomic mass is 9.94. The first kappa shape index (κ1) is 12.3. The van der Waals surface area contributed by atoms with E-state index in [-0.39, 0.29) is 0 Å². The highest BCUT2D eigenvalue weighted by molar-refractivity contribution is 6.33. The van der Waals surface area contributed by atoms with E-state index in [0.29, 0.717) is 24.3 Å². The molecule has 0 heterocycles. The normalized spacial score (nSPS) is 14.5. The molecule has 2 nitrogen and oxygen atoms in total. The fraction of sp³-hybridized carbons (Fsp3) is 0.364. The summed E-state index contributed by atoms with van der Waals surface area (Å²) in [6.07, 6.45) is 0.906. The van der Waals surface area contributed by atoms with Gasteiger partial charge in [-0.05, 0) is 18.4 Å². The molecule has 1 aromatic rings. The quantitative estimate of drug-likeness (QED) is 0.811. The third-order valence-corrected chi connectivity index (χ3v) is 3.06. The number of halogens is 2. The van der Waals surface area contributed by atoms with Crippen LogP contribution in [0.25, 0.3) is 0 Å². The van der Waals surface area contributed by atoms with Gasteiger partial charge in [-0.25, -0.2) is 4.79 Å². The number of benzene rings is 1. The fourth-order valence-corrected chi connectivity index (χ4v) is 1.78. The van der Waals surface area contributed by atoms with Gasteiger partial charge in [0.1, 0.15) is 0 Å². The molecule has 0 radical (unpaired) electrons. The Hall–Kier alpha value is -0.730. The van der Waals surface area contributed by atoms with Gasteiger partial charge in [0, 0.05) is 5.88 Å². The van der Waals surface area contributed by atoms with E-state index in [2.05, 4.69) is 0 Å². The molecule has 0 aliphatic rings. The molecule has 1 N–H and O–H groups in total. The van der Waals surface area contributed by atoms with Gasteiger partial charge in [0.2, 0.25) is 0 Å². The average molecular weight is 247 g/mol. The van der Waals surface area contributed by atoms with Crippen LogP contribution in [0.2, 0.25) is 0 Å². The van der Waals surface area contributed by atoms with Crippen molar-refractivity contribution in [2.24, 2.45) is 0 Å². The summed E-state index contributed by atoms with van der Waals surface area (Å²) in [5.74, 6) is -0.616.